The largest absolute Gasteiger partial charge is 0.352 e. The molecule has 0 aromatic heterocycles. The molecule has 0 saturated carbocycles. The summed E-state index contributed by atoms with van der Waals surface area (Å²) in [4.78, 5) is 27.8. The van der Waals surface area contributed by atoms with Crippen LogP contribution in [-0.4, -0.2) is 34.6 Å². The number of halogens is 1. The van der Waals surface area contributed by atoms with Crippen LogP contribution in [0.2, 0.25) is 0 Å². The third-order valence-electron chi connectivity index (χ3n) is 5.06. The average molecular weight is 401 g/mol. The van der Waals surface area contributed by atoms with Crippen molar-refractivity contribution in [3.05, 3.63) is 71.5 Å². The van der Waals surface area contributed by atoms with Crippen molar-refractivity contribution in [2.75, 3.05) is 5.75 Å². The number of hydrogen-bond donors (Lipinski definition) is 1. The molecule has 2 amide bonds. The zero-order chi connectivity index (χ0) is 20.3. The molecule has 1 N–H and O–H groups in total. The molecular weight excluding hydrogens is 375 g/mol. The van der Waals surface area contributed by atoms with Crippen LogP contribution in [-0.2, 0) is 4.79 Å². The minimum absolute atomic E-state index is 0.000558. The lowest BCUT2D eigenvalue weighted by Gasteiger charge is -2.30. The summed E-state index contributed by atoms with van der Waals surface area (Å²) in [7, 11) is 0. The highest BCUT2D eigenvalue weighted by molar-refractivity contribution is 7.99. The Morgan fingerprint density at radius 3 is 2.46 bits per heavy atom. The molecule has 3 atom stereocenters. The van der Waals surface area contributed by atoms with Gasteiger partial charge in [0.15, 0.2) is 0 Å². The molecule has 148 valence electrons. The van der Waals surface area contributed by atoms with Crippen molar-refractivity contribution in [3.63, 3.8) is 0 Å². The first-order valence-electron chi connectivity index (χ1n) is 9.43. The molecule has 0 unspecified atom stereocenters. The summed E-state index contributed by atoms with van der Waals surface area (Å²) in [6.07, 6.45) is 0. The Morgan fingerprint density at radius 1 is 1.11 bits per heavy atom. The molecule has 1 saturated heterocycles. The van der Waals surface area contributed by atoms with E-state index in [9.17, 15) is 14.0 Å². The average Bonchev–Trinajstić information content (AvgIpc) is 3.13. The molecule has 0 spiro atoms. The Bertz CT molecular complexity index is 843. The zero-order valence-corrected chi connectivity index (χ0v) is 17.1. The molecule has 3 rings (SSSR count). The van der Waals surface area contributed by atoms with Gasteiger partial charge in [-0.2, -0.15) is 0 Å². The van der Waals surface area contributed by atoms with Gasteiger partial charge >= 0.3 is 0 Å². The standard InChI is InChI=1S/C22H25FN2O2S/c1-14(2)15(3)24-20(26)19-13-28-22(17-10-7-11-18(23)12-17)25(19)21(27)16-8-5-4-6-9-16/h4-12,14-15,19,22H,13H2,1-3H3,(H,24,26)/t15-,19+,22+/m0/s1. The zero-order valence-electron chi connectivity index (χ0n) is 16.3. The normalized spacial score (nSPS) is 20.2. The van der Waals surface area contributed by atoms with Crippen LogP contribution in [0.25, 0.3) is 0 Å². The van der Waals surface area contributed by atoms with E-state index in [2.05, 4.69) is 5.32 Å². The fourth-order valence-electron chi connectivity index (χ4n) is 3.09. The van der Waals surface area contributed by atoms with Crippen LogP contribution in [0.1, 0.15) is 42.1 Å². The van der Waals surface area contributed by atoms with Gasteiger partial charge in [0.25, 0.3) is 5.91 Å². The van der Waals surface area contributed by atoms with Gasteiger partial charge < -0.3 is 10.2 Å². The van der Waals surface area contributed by atoms with Crippen LogP contribution in [0, 0.1) is 11.7 Å². The SMILES string of the molecule is CC(C)[C@H](C)NC(=O)[C@H]1CS[C@H](c2cccc(F)c2)N1C(=O)c1ccccc1. The van der Waals surface area contributed by atoms with E-state index in [1.165, 1.54) is 23.9 Å². The Hall–Kier alpha value is -2.34. The van der Waals surface area contributed by atoms with Crippen LogP contribution in [0.5, 0.6) is 0 Å². The van der Waals surface area contributed by atoms with Crippen molar-refractivity contribution in [3.8, 4) is 0 Å². The highest BCUT2D eigenvalue weighted by atomic mass is 32.2. The number of amides is 2. The highest BCUT2D eigenvalue weighted by Crippen LogP contribution is 2.42. The maximum absolute atomic E-state index is 13.8. The molecule has 0 bridgehead atoms. The van der Waals surface area contributed by atoms with Crippen molar-refractivity contribution < 1.29 is 14.0 Å². The number of carbonyl (C=O) groups excluding carboxylic acids is 2. The Kier molecular flexibility index (Phi) is 6.39. The van der Waals surface area contributed by atoms with Crippen molar-refractivity contribution in [1.82, 2.24) is 10.2 Å². The molecule has 2 aromatic carbocycles. The molecule has 0 radical (unpaired) electrons. The number of hydrogen-bond acceptors (Lipinski definition) is 3. The summed E-state index contributed by atoms with van der Waals surface area (Å²) in [5.74, 6) is 0.00655. The number of nitrogens with zero attached hydrogens (tertiary/aromatic N) is 1. The monoisotopic (exact) mass is 400 g/mol. The fourth-order valence-corrected chi connectivity index (χ4v) is 4.51. The van der Waals surface area contributed by atoms with Gasteiger partial charge in [-0.15, -0.1) is 11.8 Å². The van der Waals surface area contributed by atoms with E-state index in [-0.39, 0.29) is 29.6 Å². The van der Waals surface area contributed by atoms with E-state index in [0.29, 0.717) is 16.9 Å². The van der Waals surface area contributed by atoms with Crippen LogP contribution >= 0.6 is 11.8 Å². The van der Waals surface area contributed by atoms with Gasteiger partial charge in [0.1, 0.15) is 17.2 Å². The Labute approximate surface area is 169 Å². The van der Waals surface area contributed by atoms with Crippen molar-refractivity contribution in [1.29, 1.82) is 0 Å². The number of carbonyl (C=O) groups is 2. The molecule has 6 heteroatoms. The topological polar surface area (TPSA) is 49.4 Å². The van der Waals surface area contributed by atoms with Crippen LogP contribution in [0.3, 0.4) is 0 Å². The first-order valence-corrected chi connectivity index (χ1v) is 10.5. The van der Waals surface area contributed by atoms with Gasteiger partial charge in [0, 0.05) is 17.4 Å². The number of benzene rings is 2. The minimum Gasteiger partial charge on any atom is -0.352 e. The second kappa shape index (κ2) is 8.78. The first kappa shape index (κ1) is 20.4. The number of rotatable bonds is 5. The van der Waals surface area contributed by atoms with E-state index in [4.69, 9.17) is 0 Å². The van der Waals surface area contributed by atoms with E-state index in [1.54, 1.807) is 41.3 Å². The van der Waals surface area contributed by atoms with E-state index in [1.807, 2.05) is 26.8 Å². The smallest absolute Gasteiger partial charge is 0.255 e. The number of thioether (sulfide) groups is 1. The lowest BCUT2D eigenvalue weighted by molar-refractivity contribution is -0.125. The van der Waals surface area contributed by atoms with Gasteiger partial charge in [-0.1, -0.05) is 44.2 Å². The van der Waals surface area contributed by atoms with Gasteiger partial charge in [-0.3, -0.25) is 9.59 Å². The summed E-state index contributed by atoms with van der Waals surface area (Å²) in [5, 5.41) is 2.61. The van der Waals surface area contributed by atoms with Crippen molar-refractivity contribution >= 4 is 23.6 Å². The molecule has 28 heavy (non-hydrogen) atoms. The van der Waals surface area contributed by atoms with E-state index >= 15 is 0 Å². The summed E-state index contributed by atoms with van der Waals surface area (Å²) in [6.45, 7) is 6.03. The van der Waals surface area contributed by atoms with Crippen LogP contribution in [0.4, 0.5) is 4.39 Å². The van der Waals surface area contributed by atoms with E-state index in [0.717, 1.165) is 0 Å². The third kappa shape index (κ3) is 4.38. The second-order valence-electron chi connectivity index (χ2n) is 7.38. The Morgan fingerprint density at radius 2 is 1.82 bits per heavy atom. The molecule has 1 heterocycles. The van der Waals surface area contributed by atoms with Gasteiger partial charge in [0.05, 0.1) is 0 Å². The summed E-state index contributed by atoms with van der Waals surface area (Å²) in [6, 6.07) is 14.5. The lowest BCUT2D eigenvalue weighted by atomic mass is 10.1. The molecule has 4 nitrogen and oxygen atoms in total. The van der Waals surface area contributed by atoms with Crippen molar-refractivity contribution in [2.45, 2.75) is 38.2 Å². The highest BCUT2D eigenvalue weighted by Gasteiger charge is 2.43. The predicted molar refractivity (Wildman–Crippen MR) is 110 cm³/mol. The van der Waals surface area contributed by atoms with Crippen LogP contribution < -0.4 is 5.32 Å². The maximum Gasteiger partial charge on any atom is 0.255 e. The van der Waals surface area contributed by atoms with Crippen molar-refractivity contribution in [2.24, 2.45) is 5.92 Å². The molecule has 2 aromatic rings. The maximum atomic E-state index is 13.8. The third-order valence-corrected chi connectivity index (χ3v) is 6.39. The van der Waals surface area contributed by atoms with Crippen LogP contribution in [0.15, 0.2) is 54.6 Å². The van der Waals surface area contributed by atoms with Gasteiger partial charge in [-0.05, 0) is 42.7 Å². The molecule has 0 aliphatic carbocycles. The molecule has 1 aliphatic rings. The number of nitrogens with one attached hydrogen (secondary N) is 1. The predicted octanol–water partition coefficient (Wildman–Crippen LogP) is 4.24. The second-order valence-corrected chi connectivity index (χ2v) is 8.49. The Balaban J connectivity index is 1.93. The van der Waals surface area contributed by atoms with Gasteiger partial charge in [-0.25, -0.2) is 4.39 Å². The summed E-state index contributed by atoms with van der Waals surface area (Å²) >= 11 is 1.48. The minimum atomic E-state index is -0.604. The summed E-state index contributed by atoms with van der Waals surface area (Å²) < 4.78 is 13.8. The van der Waals surface area contributed by atoms with E-state index < -0.39 is 11.4 Å². The lowest BCUT2D eigenvalue weighted by Crippen LogP contribution is -2.50. The van der Waals surface area contributed by atoms with Gasteiger partial charge in [0.2, 0.25) is 5.91 Å². The molecular formula is C22H25FN2O2S. The quantitative estimate of drug-likeness (QED) is 0.817. The fraction of sp³-hybridized carbons (Fsp3) is 0.364. The first-order chi connectivity index (χ1) is 13.4. The molecule has 1 aliphatic heterocycles. The summed E-state index contributed by atoms with van der Waals surface area (Å²) in [5.41, 5.74) is 1.20. The molecule has 1 fully saturated rings.